The van der Waals surface area contributed by atoms with E-state index >= 15 is 0 Å². The van der Waals surface area contributed by atoms with E-state index in [4.69, 9.17) is 9.47 Å². The van der Waals surface area contributed by atoms with Gasteiger partial charge in [-0.3, -0.25) is 4.79 Å². The number of nitrogens with zero attached hydrogens (tertiary/aromatic N) is 1. The van der Waals surface area contributed by atoms with Crippen LogP contribution in [-0.4, -0.2) is 29.6 Å². The molecule has 2 heterocycles. The third kappa shape index (κ3) is 3.77. The van der Waals surface area contributed by atoms with Crippen molar-refractivity contribution >= 4 is 22.6 Å². The Bertz CT molecular complexity index is 924. The molecule has 0 aliphatic heterocycles. The van der Waals surface area contributed by atoms with Gasteiger partial charge in [0, 0.05) is 17.8 Å². The van der Waals surface area contributed by atoms with Crippen molar-refractivity contribution in [1.82, 2.24) is 9.97 Å². The minimum atomic E-state index is -0.563. The minimum absolute atomic E-state index is 0.147. The number of fused-ring (bicyclic) bond motifs is 1. The van der Waals surface area contributed by atoms with E-state index in [0.717, 1.165) is 18.4 Å². The Hall–Kier alpha value is -3.09. The number of ether oxygens (including phenoxy) is 2. The Morgan fingerprint density at radius 1 is 1.31 bits per heavy atom. The van der Waals surface area contributed by atoms with Gasteiger partial charge in [0.05, 0.1) is 24.9 Å². The monoisotopic (exact) mass is 357 g/mol. The summed E-state index contributed by atoms with van der Waals surface area (Å²) in [5, 5.41) is 2.74. The number of rotatable bonds is 7. The maximum Gasteiger partial charge on any atom is 0.255 e. The molecule has 3 aromatic rings. The number of carbonyl (C=O) groups excluding carboxylic acids is 1. The minimum Gasteiger partial charge on any atom is -0.491 e. The molecule has 136 valence electrons. The van der Waals surface area contributed by atoms with E-state index in [2.05, 4.69) is 15.3 Å². The molecule has 0 fully saturated rings. The number of hydrogen-bond donors (Lipinski definition) is 2. The van der Waals surface area contributed by atoms with Crippen molar-refractivity contribution in [2.45, 2.75) is 19.8 Å². The number of halogens is 1. The van der Waals surface area contributed by atoms with Gasteiger partial charge < -0.3 is 19.8 Å². The molecule has 1 amide bonds. The zero-order valence-electron chi connectivity index (χ0n) is 14.6. The van der Waals surface area contributed by atoms with E-state index in [9.17, 15) is 9.18 Å². The zero-order valence-corrected chi connectivity index (χ0v) is 14.6. The first kappa shape index (κ1) is 17.7. The summed E-state index contributed by atoms with van der Waals surface area (Å²) in [7, 11) is 1.52. The second kappa shape index (κ2) is 7.86. The molecule has 0 spiro atoms. The predicted octanol–water partition coefficient (Wildman–Crippen LogP) is 4.14. The van der Waals surface area contributed by atoms with Gasteiger partial charge in [-0.1, -0.05) is 13.3 Å². The quantitative estimate of drug-likeness (QED) is 0.623. The highest BCUT2D eigenvalue weighted by atomic mass is 19.1. The number of amides is 1. The van der Waals surface area contributed by atoms with Crippen LogP contribution in [-0.2, 0) is 0 Å². The lowest BCUT2D eigenvalue weighted by molar-refractivity contribution is 0.102. The first-order chi connectivity index (χ1) is 12.6. The van der Waals surface area contributed by atoms with Gasteiger partial charge in [-0.2, -0.15) is 0 Å². The van der Waals surface area contributed by atoms with Crippen molar-refractivity contribution in [3.8, 4) is 11.6 Å². The molecule has 26 heavy (non-hydrogen) atoms. The Morgan fingerprint density at radius 3 is 2.88 bits per heavy atom. The Kier molecular flexibility index (Phi) is 5.36. The summed E-state index contributed by atoms with van der Waals surface area (Å²) in [5.41, 5.74) is 2.01. The summed E-state index contributed by atoms with van der Waals surface area (Å²) in [4.78, 5) is 19.8. The number of nitrogens with one attached hydrogen (secondary N) is 2. The number of pyridine rings is 1. The Morgan fingerprint density at radius 2 is 2.15 bits per heavy atom. The zero-order chi connectivity index (χ0) is 18.5. The number of methoxy groups -OCH3 is 1. The standard InChI is InChI=1S/C19H20FN3O3/c1-3-4-9-26-16-7-5-12(10-13(16)20)19(24)22-15-11-21-14-6-8-17(25-2)23-18(14)15/h5-8,10-11,21H,3-4,9H2,1-2H3,(H,22,24). The van der Waals surface area contributed by atoms with Crippen LogP contribution in [0.3, 0.4) is 0 Å². The molecule has 2 N–H and O–H groups in total. The molecule has 0 bridgehead atoms. The topological polar surface area (TPSA) is 76.2 Å². The molecule has 2 aromatic heterocycles. The van der Waals surface area contributed by atoms with Crippen LogP contribution in [0.15, 0.2) is 36.5 Å². The lowest BCUT2D eigenvalue weighted by atomic mass is 10.2. The number of aromatic nitrogens is 2. The smallest absolute Gasteiger partial charge is 0.255 e. The number of hydrogen-bond acceptors (Lipinski definition) is 4. The van der Waals surface area contributed by atoms with Crippen LogP contribution in [0.1, 0.15) is 30.1 Å². The van der Waals surface area contributed by atoms with Crippen molar-refractivity contribution in [3.63, 3.8) is 0 Å². The first-order valence-electron chi connectivity index (χ1n) is 8.38. The van der Waals surface area contributed by atoms with Crippen molar-refractivity contribution in [1.29, 1.82) is 0 Å². The third-order valence-corrected chi connectivity index (χ3v) is 3.90. The van der Waals surface area contributed by atoms with E-state index in [1.165, 1.54) is 25.3 Å². The van der Waals surface area contributed by atoms with Crippen molar-refractivity contribution in [2.24, 2.45) is 0 Å². The first-order valence-corrected chi connectivity index (χ1v) is 8.38. The van der Waals surface area contributed by atoms with Crippen molar-refractivity contribution in [3.05, 3.63) is 47.9 Å². The number of benzene rings is 1. The SMILES string of the molecule is CCCCOc1ccc(C(=O)Nc2c[nH]c3ccc(OC)nc23)cc1F. The molecule has 0 radical (unpaired) electrons. The molecule has 7 heteroatoms. The number of H-pyrrole nitrogens is 1. The predicted molar refractivity (Wildman–Crippen MR) is 97.4 cm³/mol. The van der Waals surface area contributed by atoms with Gasteiger partial charge >= 0.3 is 0 Å². The van der Waals surface area contributed by atoms with Crippen LogP contribution in [0.2, 0.25) is 0 Å². The molecule has 6 nitrogen and oxygen atoms in total. The van der Waals surface area contributed by atoms with Crippen molar-refractivity contribution in [2.75, 3.05) is 19.0 Å². The maximum atomic E-state index is 14.1. The van der Waals surface area contributed by atoms with Gasteiger partial charge in [0.15, 0.2) is 11.6 Å². The highest BCUT2D eigenvalue weighted by Crippen LogP contribution is 2.25. The molecule has 1 aromatic carbocycles. The van der Waals surface area contributed by atoms with Crippen LogP contribution < -0.4 is 14.8 Å². The van der Waals surface area contributed by atoms with Gasteiger partial charge in [-0.25, -0.2) is 9.37 Å². The van der Waals surface area contributed by atoms with Crippen LogP contribution in [0.25, 0.3) is 11.0 Å². The third-order valence-electron chi connectivity index (χ3n) is 3.90. The molecule has 0 saturated heterocycles. The summed E-state index contributed by atoms with van der Waals surface area (Å²) in [6.07, 6.45) is 3.44. The van der Waals surface area contributed by atoms with Gasteiger partial charge in [-0.15, -0.1) is 0 Å². The number of anilines is 1. The second-order valence-electron chi connectivity index (χ2n) is 5.75. The van der Waals surface area contributed by atoms with Gasteiger partial charge in [0.2, 0.25) is 5.88 Å². The highest BCUT2D eigenvalue weighted by Gasteiger charge is 2.14. The molecule has 3 rings (SSSR count). The Balaban J connectivity index is 1.77. The van der Waals surface area contributed by atoms with E-state index < -0.39 is 11.7 Å². The van der Waals surface area contributed by atoms with E-state index in [0.29, 0.717) is 23.7 Å². The fraction of sp³-hybridized carbons (Fsp3) is 0.263. The number of unbranched alkanes of at least 4 members (excludes halogenated alkanes) is 1. The maximum absolute atomic E-state index is 14.1. The molecule has 0 aliphatic rings. The Labute approximate surface area is 150 Å². The molecule has 0 unspecified atom stereocenters. The van der Waals surface area contributed by atoms with Gasteiger partial charge in [0.25, 0.3) is 5.91 Å². The van der Waals surface area contributed by atoms with Crippen LogP contribution in [0.4, 0.5) is 10.1 Å². The number of aromatic amines is 1. The highest BCUT2D eigenvalue weighted by molar-refractivity contribution is 6.08. The van der Waals surface area contributed by atoms with Gasteiger partial charge in [0.1, 0.15) is 5.52 Å². The lowest BCUT2D eigenvalue weighted by Crippen LogP contribution is -2.12. The number of carbonyl (C=O) groups is 1. The van der Waals surface area contributed by atoms with E-state index in [1.807, 2.05) is 6.92 Å². The van der Waals surface area contributed by atoms with Crippen LogP contribution >= 0.6 is 0 Å². The van der Waals surface area contributed by atoms with E-state index in [1.54, 1.807) is 18.3 Å². The molecule has 0 atom stereocenters. The van der Waals surface area contributed by atoms with Gasteiger partial charge in [-0.05, 0) is 30.7 Å². The summed E-state index contributed by atoms with van der Waals surface area (Å²) in [6.45, 7) is 2.48. The fourth-order valence-electron chi connectivity index (χ4n) is 2.47. The molecular formula is C19H20FN3O3. The largest absolute Gasteiger partial charge is 0.491 e. The van der Waals surface area contributed by atoms with Crippen LogP contribution in [0, 0.1) is 5.82 Å². The average molecular weight is 357 g/mol. The molecular weight excluding hydrogens is 337 g/mol. The fourth-order valence-corrected chi connectivity index (χ4v) is 2.47. The average Bonchev–Trinajstić information content (AvgIpc) is 3.05. The summed E-state index contributed by atoms with van der Waals surface area (Å²) in [5.74, 6) is -0.414. The van der Waals surface area contributed by atoms with Crippen LogP contribution in [0.5, 0.6) is 11.6 Å². The molecule has 0 aliphatic carbocycles. The van der Waals surface area contributed by atoms with Crippen molar-refractivity contribution < 1.29 is 18.7 Å². The summed E-state index contributed by atoms with van der Waals surface area (Å²) in [6, 6.07) is 7.69. The normalized spacial score (nSPS) is 10.7. The second-order valence-corrected chi connectivity index (χ2v) is 5.75. The summed E-state index contributed by atoms with van der Waals surface area (Å²) >= 11 is 0. The lowest BCUT2D eigenvalue weighted by Gasteiger charge is -2.08. The molecule has 0 saturated carbocycles. The van der Waals surface area contributed by atoms with E-state index in [-0.39, 0.29) is 11.3 Å². The summed E-state index contributed by atoms with van der Waals surface area (Å²) < 4.78 is 24.6.